The van der Waals surface area contributed by atoms with E-state index in [2.05, 4.69) is 33.4 Å². The Labute approximate surface area is 92.6 Å². The van der Waals surface area contributed by atoms with Crippen molar-refractivity contribution in [1.82, 2.24) is 0 Å². The molecule has 0 aromatic rings. The van der Waals surface area contributed by atoms with Gasteiger partial charge in [0.2, 0.25) is 0 Å². The van der Waals surface area contributed by atoms with E-state index in [0.29, 0.717) is 18.6 Å². The minimum atomic E-state index is -0.0225. The van der Waals surface area contributed by atoms with Crippen molar-refractivity contribution in [3.8, 4) is 0 Å². The summed E-state index contributed by atoms with van der Waals surface area (Å²) in [5.74, 6) is 0.352. The zero-order valence-electron chi connectivity index (χ0n) is 10.2. The second-order valence-corrected chi connectivity index (χ2v) is 5.15. The first-order valence-corrected chi connectivity index (χ1v) is 5.38. The molecule has 0 unspecified atom stereocenters. The molecule has 1 nitrogen and oxygen atoms in total. The van der Waals surface area contributed by atoms with Crippen molar-refractivity contribution in [2.45, 2.75) is 40.5 Å². The smallest absolute Gasteiger partial charge is 0.137 e. The maximum atomic E-state index is 11.5. The van der Waals surface area contributed by atoms with Crippen molar-refractivity contribution >= 4 is 5.78 Å². The molecule has 1 aliphatic carbocycles. The SMILES string of the molecule is C=C(C)/C=C/C1=C(C)CC(=O)CC1(C)C. The van der Waals surface area contributed by atoms with Gasteiger partial charge in [-0.3, -0.25) is 4.79 Å². The van der Waals surface area contributed by atoms with Gasteiger partial charge in [-0.25, -0.2) is 0 Å². The Morgan fingerprint density at radius 3 is 2.53 bits per heavy atom. The predicted molar refractivity (Wildman–Crippen MR) is 64.7 cm³/mol. The summed E-state index contributed by atoms with van der Waals surface area (Å²) in [6, 6.07) is 0. The van der Waals surface area contributed by atoms with Crippen LogP contribution in [0.25, 0.3) is 0 Å². The van der Waals surface area contributed by atoms with Crippen molar-refractivity contribution in [2.75, 3.05) is 0 Å². The fraction of sp³-hybridized carbons (Fsp3) is 0.500. The highest BCUT2D eigenvalue weighted by Crippen LogP contribution is 2.39. The minimum absolute atomic E-state index is 0.0225. The van der Waals surface area contributed by atoms with E-state index >= 15 is 0 Å². The molecule has 1 aliphatic rings. The lowest BCUT2D eigenvalue weighted by molar-refractivity contribution is -0.120. The molecule has 0 aromatic heterocycles. The monoisotopic (exact) mass is 204 g/mol. The Hall–Kier alpha value is -1.11. The van der Waals surface area contributed by atoms with Gasteiger partial charge in [-0.05, 0) is 24.8 Å². The second-order valence-electron chi connectivity index (χ2n) is 5.15. The van der Waals surface area contributed by atoms with Crippen LogP contribution < -0.4 is 0 Å². The zero-order valence-corrected chi connectivity index (χ0v) is 10.2. The molecule has 0 aromatic carbocycles. The Kier molecular flexibility index (Phi) is 3.33. The van der Waals surface area contributed by atoms with E-state index in [1.54, 1.807) is 0 Å². The average molecular weight is 204 g/mol. The highest BCUT2D eigenvalue weighted by molar-refractivity contribution is 5.84. The Morgan fingerprint density at radius 2 is 2.07 bits per heavy atom. The maximum Gasteiger partial charge on any atom is 0.137 e. The van der Waals surface area contributed by atoms with Crippen LogP contribution in [0.5, 0.6) is 0 Å². The van der Waals surface area contributed by atoms with Crippen LogP contribution >= 0.6 is 0 Å². The lowest BCUT2D eigenvalue weighted by atomic mass is 9.72. The molecule has 0 aliphatic heterocycles. The van der Waals surface area contributed by atoms with Gasteiger partial charge >= 0.3 is 0 Å². The van der Waals surface area contributed by atoms with Crippen molar-refractivity contribution in [2.24, 2.45) is 5.41 Å². The van der Waals surface area contributed by atoms with Crippen molar-refractivity contribution < 1.29 is 4.79 Å². The molecule has 0 saturated heterocycles. The summed E-state index contributed by atoms with van der Waals surface area (Å²) in [5, 5.41) is 0. The Morgan fingerprint density at radius 1 is 1.47 bits per heavy atom. The molecular weight excluding hydrogens is 184 g/mol. The zero-order chi connectivity index (χ0) is 11.6. The third-order valence-corrected chi connectivity index (χ3v) is 2.82. The van der Waals surface area contributed by atoms with Crippen LogP contribution in [0, 0.1) is 5.41 Å². The molecule has 0 N–H and O–H groups in total. The summed E-state index contributed by atoms with van der Waals surface area (Å²) >= 11 is 0. The summed E-state index contributed by atoms with van der Waals surface area (Å²) in [4.78, 5) is 11.5. The number of rotatable bonds is 2. The topological polar surface area (TPSA) is 17.1 Å². The first-order chi connectivity index (χ1) is 6.83. The van der Waals surface area contributed by atoms with Gasteiger partial charge < -0.3 is 0 Å². The summed E-state index contributed by atoms with van der Waals surface area (Å²) < 4.78 is 0. The molecule has 1 heteroatoms. The molecule has 0 spiro atoms. The predicted octanol–water partition coefficient (Wildman–Crippen LogP) is 3.82. The van der Waals surface area contributed by atoms with E-state index < -0.39 is 0 Å². The van der Waals surface area contributed by atoms with Gasteiger partial charge in [-0.1, -0.05) is 43.7 Å². The quantitative estimate of drug-likeness (QED) is 0.625. The van der Waals surface area contributed by atoms with E-state index in [9.17, 15) is 4.79 Å². The van der Waals surface area contributed by atoms with Crippen molar-refractivity contribution in [3.63, 3.8) is 0 Å². The Balaban J connectivity index is 3.06. The number of ketones is 1. The standard InChI is InChI=1S/C14H20O/c1-10(2)6-7-13-11(3)8-12(15)9-14(13,4)5/h6-7H,1,8-9H2,2-5H3/b7-6+. The van der Waals surface area contributed by atoms with E-state index in [1.807, 2.05) is 13.0 Å². The molecule has 0 radical (unpaired) electrons. The first kappa shape index (κ1) is 12.0. The van der Waals surface area contributed by atoms with Crippen LogP contribution in [0.4, 0.5) is 0 Å². The molecular formula is C14H20O. The lowest BCUT2D eigenvalue weighted by Crippen LogP contribution is -2.25. The number of allylic oxidation sites excluding steroid dienone is 5. The highest BCUT2D eigenvalue weighted by atomic mass is 16.1. The molecule has 82 valence electrons. The molecule has 0 saturated carbocycles. The van der Waals surface area contributed by atoms with E-state index in [-0.39, 0.29) is 5.41 Å². The minimum Gasteiger partial charge on any atom is -0.299 e. The van der Waals surface area contributed by atoms with Gasteiger partial charge in [0.1, 0.15) is 5.78 Å². The van der Waals surface area contributed by atoms with Crippen LogP contribution in [0.15, 0.2) is 35.5 Å². The third kappa shape index (κ3) is 2.92. The summed E-state index contributed by atoms with van der Waals surface area (Å²) in [6.07, 6.45) is 5.40. The third-order valence-electron chi connectivity index (χ3n) is 2.82. The number of hydrogen-bond donors (Lipinski definition) is 0. The summed E-state index contributed by atoms with van der Waals surface area (Å²) in [7, 11) is 0. The summed E-state index contributed by atoms with van der Waals surface area (Å²) in [6.45, 7) is 12.1. The molecule has 1 rings (SSSR count). The average Bonchev–Trinajstić information content (AvgIpc) is 1.98. The maximum absolute atomic E-state index is 11.5. The first-order valence-electron chi connectivity index (χ1n) is 5.38. The number of carbonyl (C=O) groups is 1. The largest absolute Gasteiger partial charge is 0.299 e. The van der Waals surface area contributed by atoms with Gasteiger partial charge in [0.05, 0.1) is 0 Å². The summed E-state index contributed by atoms with van der Waals surface area (Å²) in [5.41, 5.74) is 3.52. The molecule has 0 bridgehead atoms. The van der Waals surface area contributed by atoms with Gasteiger partial charge in [0.15, 0.2) is 0 Å². The lowest BCUT2D eigenvalue weighted by Gasteiger charge is -2.32. The van der Waals surface area contributed by atoms with E-state index in [1.165, 1.54) is 11.1 Å². The van der Waals surface area contributed by atoms with Crippen LogP contribution in [0.3, 0.4) is 0 Å². The van der Waals surface area contributed by atoms with Crippen LogP contribution in [-0.2, 0) is 4.79 Å². The normalized spacial score (nSPS) is 21.2. The number of carbonyl (C=O) groups excluding carboxylic acids is 1. The molecule has 0 fully saturated rings. The number of hydrogen-bond acceptors (Lipinski definition) is 1. The second kappa shape index (κ2) is 4.18. The van der Waals surface area contributed by atoms with Gasteiger partial charge in [-0.2, -0.15) is 0 Å². The van der Waals surface area contributed by atoms with Gasteiger partial charge in [0, 0.05) is 12.8 Å². The molecule has 0 amide bonds. The van der Waals surface area contributed by atoms with E-state index in [4.69, 9.17) is 0 Å². The Bertz CT molecular complexity index is 354. The highest BCUT2D eigenvalue weighted by Gasteiger charge is 2.30. The molecule has 0 atom stereocenters. The number of Topliss-reactive ketones (excluding diaryl/α,β-unsaturated/α-hetero) is 1. The van der Waals surface area contributed by atoms with Crippen LogP contribution in [0.1, 0.15) is 40.5 Å². The van der Waals surface area contributed by atoms with Crippen LogP contribution in [0.2, 0.25) is 0 Å². The molecule has 0 heterocycles. The molecule has 15 heavy (non-hydrogen) atoms. The van der Waals surface area contributed by atoms with Gasteiger partial charge in [-0.15, -0.1) is 0 Å². The van der Waals surface area contributed by atoms with Crippen LogP contribution in [-0.4, -0.2) is 5.78 Å². The fourth-order valence-electron chi connectivity index (χ4n) is 2.21. The van der Waals surface area contributed by atoms with Gasteiger partial charge in [0.25, 0.3) is 0 Å². The van der Waals surface area contributed by atoms with Crippen molar-refractivity contribution in [3.05, 3.63) is 35.5 Å². The fourth-order valence-corrected chi connectivity index (χ4v) is 2.21. The van der Waals surface area contributed by atoms with Crippen molar-refractivity contribution in [1.29, 1.82) is 0 Å². The van der Waals surface area contributed by atoms with E-state index in [0.717, 1.165) is 5.57 Å².